The lowest BCUT2D eigenvalue weighted by Crippen LogP contribution is -2.44. The van der Waals surface area contributed by atoms with Crippen molar-refractivity contribution in [1.29, 1.82) is 0 Å². The van der Waals surface area contributed by atoms with Crippen LogP contribution < -0.4 is 0 Å². The van der Waals surface area contributed by atoms with Crippen molar-refractivity contribution in [3.63, 3.8) is 0 Å². The molecule has 1 atom stereocenters. The summed E-state index contributed by atoms with van der Waals surface area (Å²) >= 11 is 0. The molecule has 0 unspecified atom stereocenters. The van der Waals surface area contributed by atoms with Gasteiger partial charge in [0.25, 0.3) is 5.91 Å². The number of benzene rings is 1. The molecular weight excluding hydrogens is 328 g/mol. The van der Waals surface area contributed by atoms with Gasteiger partial charge in [0, 0.05) is 38.3 Å². The van der Waals surface area contributed by atoms with Crippen LogP contribution in [0, 0.1) is 6.92 Å². The minimum Gasteiger partial charge on any atom is -0.335 e. The van der Waals surface area contributed by atoms with Gasteiger partial charge in [-0.1, -0.05) is 37.3 Å². The van der Waals surface area contributed by atoms with E-state index in [1.807, 2.05) is 42.2 Å². The zero-order valence-corrected chi connectivity index (χ0v) is 15.3. The van der Waals surface area contributed by atoms with E-state index in [4.69, 9.17) is 0 Å². The smallest absolute Gasteiger partial charge is 0.274 e. The third-order valence-corrected chi connectivity index (χ3v) is 4.74. The third kappa shape index (κ3) is 4.07. The number of hydrogen-bond acceptors (Lipinski definition) is 4. The molecule has 1 aromatic carbocycles. The Morgan fingerprint density at radius 1 is 1.19 bits per heavy atom. The van der Waals surface area contributed by atoms with Crippen LogP contribution in [-0.2, 0) is 11.3 Å². The zero-order valence-electron chi connectivity index (χ0n) is 15.3. The molecule has 26 heavy (non-hydrogen) atoms. The molecule has 0 N–H and O–H groups in total. The second kappa shape index (κ2) is 8.08. The standard InChI is InChI=1S/C20H24N4O2/c1-3-17-14-23(20(26)18-12-21-15(2)11-22-18)10-9-19(25)24(17)13-16-7-5-4-6-8-16/h4-8,11-12,17H,3,9-10,13-14H2,1-2H3/t17-/m0/s1. The summed E-state index contributed by atoms with van der Waals surface area (Å²) in [7, 11) is 0. The van der Waals surface area contributed by atoms with E-state index >= 15 is 0 Å². The fourth-order valence-electron chi connectivity index (χ4n) is 3.22. The first kappa shape index (κ1) is 18.0. The molecule has 1 aromatic heterocycles. The van der Waals surface area contributed by atoms with Gasteiger partial charge in [0.1, 0.15) is 5.69 Å². The van der Waals surface area contributed by atoms with Crippen molar-refractivity contribution in [1.82, 2.24) is 19.8 Å². The first-order valence-corrected chi connectivity index (χ1v) is 8.99. The number of hydrogen-bond donors (Lipinski definition) is 0. The summed E-state index contributed by atoms with van der Waals surface area (Å²) in [6.45, 7) is 5.39. The molecule has 1 fully saturated rings. The quantitative estimate of drug-likeness (QED) is 0.848. The number of rotatable bonds is 4. The number of nitrogens with zero attached hydrogens (tertiary/aromatic N) is 4. The average Bonchev–Trinajstić information content (AvgIpc) is 2.82. The molecular formula is C20H24N4O2. The molecule has 2 amide bonds. The van der Waals surface area contributed by atoms with Crippen molar-refractivity contribution in [2.24, 2.45) is 0 Å². The summed E-state index contributed by atoms with van der Waals surface area (Å²) in [6, 6.07) is 9.96. The summed E-state index contributed by atoms with van der Waals surface area (Å²) in [4.78, 5) is 37.5. The van der Waals surface area contributed by atoms with Gasteiger partial charge in [0.2, 0.25) is 5.91 Å². The maximum Gasteiger partial charge on any atom is 0.274 e. The number of carbonyl (C=O) groups is 2. The van der Waals surface area contributed by atoms with E-state index in [0.717, 1.165) is 17.7 Å². The molecule has 0 bridgehead atoms. The summed E-state index contributed by atoms with van der Waals surface area (Å²) in [5.74, 6) is -0.0729. The third-order valence-electron chi connectivity index (χ3n) is 4.74. The fourth-order valence-corrected chi connectivity index (χ4v) is 3.22. The average molecular weight is 352 g/mol. The van der Waals surface area contributed by atoms with Crippen molar-refractivity contribution in [3.8, 4) is 0 Å². The van der Waals surface area contributed by atoms with Crippen molar-refractivity contribution in [2.45, 2.75) is 39.3 Å². The highest BCUT2D eigenvalue weighted by Crippen LogP contribution is 2.19. The van der Waals surface area contributed by atoms with Gasteiger partial charge in [0.15, 0.2) is 0 Å². The predicted molar refractivity (Wildman–Crippen MR) is 98.4 cm³/mol. The van der Waals surface area contributed by atoms with Crippen LogP contribution in [0.3, 0.4) is 0 Å². The van der Waals surface area contributed by atoms with E-state index in [1.54, 1.807) is 11.1 Å². The molecule has 3 rings (SSSR count). The Morgan fingerprint density at radius 3 is 2.62 bits per heavy atom. The van der Waals surface area contributed by atoms with Gasteiger partial charge in [-0.3, -0.25) is 14.6 Å². The number of aromatic nitrogens is 2. The Morgan fingerprint density at radius 2 is 1.96 bits per heavy atom. The first-order valence-electron chi connectivity index (χ1n) is 8.99. The Labute approximate surface area is 153 Å². The Hall–Kier alpha value is -2.76. The molecule has 2 heterocycles. The van der Waals surface area contributed by atoms with Crippen LogP contribution >= 0.6 is 0 Å². The van der Waals surface area contributed by atoms with Gasteiger partial charge in [-0.05, 0) is 18.9 Å². The van der Waals surface area contributed by atoms with Gasteiger partial charge in [0.05, 0.1) is 11.9 Å². The maximum atomic E-state index is 12.8. The van der Waals surface area contributed by atoms with Crippen LogP contribution in [0.2, 0.25) is 0 Å². The highest BCUT2D eigenvalue weighted by Gasteiger charge is 2.31. The van der Waals surface area contributed by atoms with Gasteiger partial charge < -0.3 is 9.80 Å². The van der Waals surface area contributed by atoms with Crippen LogP contribution in [0.5, 0.6) is 0 Å². The molecule has 6 nitrogen and oxygen atoms in total. The van der Waals surface area contributed by atoms with Crippen LogP contribution in [-0.4, -0.2) is 50.7 Å². The van der Waals surface area contributed by atoms with Crippen LogP contribution in [0.25, 0.3) is 0 Å². The Kier molecular flexibility index (Phi) is 5.61. The molecule has 0 saturated carbocycles. The molecule has 1 saturated heterocycles. The van der Waals surface area contributed by atoms with Crippen molar-refractivity contribution in [3.05, 3.63) is 59.7 Å². The van der Waals surface area contributed by atoms with Crippen molar-refractivity contribution < 1.29 is 9.59 Å². The largest absolute Gasteiger partial charge is 0.335 e. The number of aryl methyl sites for hydroxylation is 1. The summed E-state index contributed by atoms with van der Waals surface area (Å²) < 4.78 is 0. The summed E-state index contributed by atoms with van der Waals surface area (Å²) in [5, 5.41) is 0. The SMILES string of the molecule is CC[C@H]1CN(C(=O)c2cnc(C)cn2)CCC(=O)N1Cc1ccccc1. The fraction of sp³-hybridized carbons (Fsp3) is 0.400. The Balaban J connectivity index is 1.77. The van der Waals surface area contributed by atoms with Crippen LogP contribution in [0.1, 0.15) is 41.5 Å². The monoisotopic (exact) mass is 352 g/mol. The summed E-state index contributed by atoms with van der Waals surface area (Å²) in [6.07, 6.45) is 4.22. The molecule has 136 valence electrons. The molecule has 0 aliphatic carbocycles. The molecule has 0 radical (unpaired) electrons. The number of carbonyl (C=O) groups excluding carboxylic acids is 2. The van der Waals surface area contributed by atoms with E-state index in [1.165, 1.54) is 6.20 Å². The van der Waals surface area contributed by atoms with E-state index in [2.05, 4.69) is 16.9 Å². The molecule has 6 heteroatoms. The molecule has 1 aliphatic heterocycles. The van der Waals surface area contributed by atoms with Crippen molar-refractivity contribution >= 4 is 11.8 Å². The molecule has 2 aromatic rings. The van der Waals surface area contributed by atoms with Gasteiger partial charge in [-0.15, -0.1) is 0 Å². The lowest BCUT2D eigenvalue weighted by atomic mass is 10.1. The van der Waals surface area contributed by atoms with E-state index in [0.29, 0.717) is 31.7 Å². The van der Waals surface area contributed by atoms with E-state index in [-0.39, 0.29) is 17.9 Å². The second-order valence-electron chi connectivity index (χ2n) is 6.61. The zero-order chi connectivity index (χ0) is 18.5. The minimum atomic E-state index is -0.162. The Bertz CT molecular complexity index is 761. The van der Waals surface area contributed by atoms with Gasteiger partial charge in [-0.25, -0.2) is 4.98 Å². The highest BCUT2D eigenvalue weighted by molar-refractivity contribution is 5.92. The van der Waals surface area contributed by atoms with Crippen molar-refractivity contribution in [2.75, 3.05) is 13.1 Å². The van der Waals surface area contributed by atoms with Gasteiger partial charge >= 0.3 is 0 Å². The van der Waals surface area contributed by atoms with E-state index < -0.39 is 0 Å². The highest BCUT2D eigenvalue weighted by atomic mass is 16.2. The topological polar surface area (TPSA) is 66.4 Å². The van der Waals surface area contributed by atoms with Crippen LogP contribution in [0.4, 0.5) is 0 Å². The maximum absolute atomic E-state index is 12.8. The van der Waals surface area contributed by atoms with E-state index in [9.17, 15) is 9.59 Å². The van der Waals surface area contributed by atoms with Gasteiger partial charge in [-0.2, -0.15) is 0 Å². The predicted octanol–water partition coefficient (Wildman–Crippen LogP) is 2.44. The second-order valence-corrected chi connectivity index (χ2v) is 6.61. The first-order chi connectivity index (χ1) is 12.6. The normalized spacial score (nSPS) is 17.9. The molecule has 0 spiro atoms. The van der Waals surface area contributed by atoms with Crippen LogP contribution in [0.15, 0.2) is 42.7 Å². The number of amides is 2. The lowest BCUT2D eigenvalue weighted by molar-refractivity contribution is -0.133. The minimum absolute atomic E-state index is 0.00689. The molecule has 1 aliphatic rings. The summed E-state index contributed by atoms with van der Waals surface area (Å²) in [5.41, 5.74) is 2.20. The lowest BCUT2D eigenvalue weighted by Gasteiger charge is -2.31.